The van der Waals surface area contributed by atoms with Crippen LogP contribution in [-0.4, -0.2) is 52.6 Å². The molecule has 186 valence electrons. The van der Waals surface area contributed by atoms with Gasteiger partial charge in [0.25, 0.3) is 5.91 Å². The summed E-state index contributed by atoms with van der Waals surface area (Å²) in [5, 5.41) is 13.5. The van der Waals surface area contributed by atoms with E-state index in [1.807, 2.05) is 12.1 Å². The summed E-state index contributed by atoms with van der Waals surface area (Å²) in [6, 6.07) is 13.1. The summed E-state index contributed by atoms with van der Waals surface area (Å²) in [7, 11) is 3.14. The molecule has 1 saturated heterocycles. The van der Waals surface area contributed by atoms with Crippen molar-refractivity contribution < 1.29 is 24.2 Å². The Hall–Kier alpha value is -4.27. The highest BCUT2D eigenvalue weighted by atomic mass is 16.5. The number of methoxy groups -OCH3 is 1. The second-order valence-electron chi connectivity index (χ2n) is 9.17. The fraction of sp³-hybridized carbons (Fsp3) is 0.296. The molecule has 4 bridgehead atoms. The number of aryl methyl sites for hydroxylation is 2. The third-order valence-electron chi connectivity index (χ3n) is 6.79. The molecule has 0 radical (unpaired) electrons. The second kappa shape index (κ2) is 9.41. The van der Waals surface area contributed by atoms with Gasteiger partial charge in [-0.15, -0.1) is 0 Å². The Morgan fingerprint density at radius 1 is 1.06 bits per heavy atom. The van der Waals surface area contributed by atoms with Gasteiger partial charge < -0.3 is 29.4 Å². The van der Waals surface area contributed by atoms with Gasteiger partial charge in [0.2, 0.25) is 11.5 Å². The van der Waals surface area contributed by atoms with Crippen LogP contribution in [0.15, 0.2) is 59.5 Å². The van der Waals surface area contributed by atoms with E-state index in [2.05, 4.69) is 5.32 Å². The number of hydrogen-bond donors (Lipinski definition) is 2. The fourth-order valence-corrected chi connectivity index (χ4v) is 4.81. The molecule has 2 aromatic carbocycles. The second-order valence-corrected chi connectivity index (χ2v) is 9.17. The Labute approximate surface area is 207 Å². The highest BCUT2D eigenvalue weighted by Gasteiger charge is 2.38. The fourth-order valence-electron chi connectivity index (χ4n) is 4.81. The van der Waals surface area contributed by atoms with Gasteiger partial charge in [-0.25, -0.2) is 0 Å². The van der Waals surface area contributed by atoms with Crippen LogP contribution in [-0.2, 0) is 18.3 Å². The lowest BCUT2D eigenvalue weighted by Gasteiger charge is -2.21. The first-order valence-corrected chi connectivity index (χ1v) is 11.8. The number of pyridine rings is 1. The Morgan fingerprint density at radius 2 is 1.89 bits per heavy atom. The van der Waals surface area contributed by atoms with Crippen LogP contribution in [0, 0.1) is 0 Å². The number of hydrogen-bond acceptors (Lipinski definition) is 6. The number of aromatic hydroxyl groups is 1. The standard InChI is InChI=1S/C27H27N3O6/c1-29-13-18(6-10-26(29)33)27(34)30-14-19-17-5-8-22(35-2)24(12-17)36-23-11-16(3-7-21(23)31)4-9-25(32)28-20(19)15-30/h3,5-8,10-13,19-20,31H,4,9,14-15H2,1-2H3,(H,28,32)/t19-,20+/m0/s1. The van der Waals surface area contributed by atoms with Gasteiger partial charge in [-0.05, 0) is 47.9 Å². The van der Waals surface area contributed by atoms with Crippen LogP contribution in [0.2, 0.25) is 0 Å². The number of carbonyl (C=O) groups excluding carboxylic acids is 2. The summed E-state index contributed by atoms with van der Waals surface area (Å²) in [6.45, 7) is 0.701. The molecule has 0 spiro atoms. The number of likely N-dealkylation sites (tertiary alicyclic amines) is 1. The lowest BCUT2D eigenvalue weighted by atomic mass is 9.93. The lowest BCUT2D eigenvalue weighted by molar-refractivity contribution is -0.121. The molecule has 9 heteroatoms. The smallest absolute Gasteiger partial charge is 0.255 e. The highest BCUT2D eigenvalue weighted by molar-refractivity contribution is 5.94. The van der Waals surface area contributed by atoms with E-state index in [4.69, 9.17) is 9.47 Å². The van der Waals surface area contributed by atoms with Gasteiger partial charge in [-0.1, -0.05) is 12.1 Å². The van der Waals surface area contributed by atoms with Gasteiger partial charge in [0, 0.05) is 44.7 Å². The SMILES string of the molecule is COc1ccc2cc1Oc1cc(ccc1O)CCC(=O)N[C@@H]1CN(C(=O)c3ccc(=O)n(C)c3)C[C@@H]21. The molecule has 9 nitrogen and oxygen atoms in total. The largest absolute Gasteiger partial charge is 0.504 e. The molecule has 1 fully saturated rings. The molecule has 2 atom stereocenters. The Bertz CT molecular complexity index is 1400. The minimum Gasteiger partial charge on any atom is -0.504 e. The number of phenolic OH excluding ortho intramolecular Hbond substituents is 1. The highest BCUT2D eigenvalue weighted by Crippen LogP contribution is 2.40. The third-order valence-corrected chi connectivity index (χ3v) is 6.79. The summed E-state index contributed by atoms with van der Waals surface area (Å²) in [5.41, 5.74) is 1.92. The molecule has 3 aromatic rings. The van der Waals surface area contributed by atoms with Crippen LogP contribution in [0.25, 0.3) is 0 Å². The van der Waals surface area contributed by atoms with E-state index in [9.17, 15) is 19.5 Å². The van der Waals surface area contributed by atoms with Crippen LogP contribution in [0.1, 0.15) is 33.8 Å². The van der Waals surface area contributed by atoms with Crippen LogP contribution in [0.3, 0.4) is 0 Å². The number of amides is 2. The number of nitrogens with one attached hydrogen (secondary N) is 1. The quantitative estimate of drug-likeness (QED) is 0.573. The Kier molecular flexibility index (Phi) is 6.13. The summed E-state index contributed by atoms with van der Waals surface area (Å²) >= 11 is 0. The summed E-state index contributed by atoms with van der Waals surface area (Å²) in [4.78, 5) is 39.6. The molecular weight excluding hydrogens is 462 g/mol. The zero-order valence-electron chi connectivity index (χ0n) is 20.1. The molecule has 2 aliphatic rings. The first-order valence-electron chi connectivity index (χ1n) is 11.8. The summed E-state index contributed by atoms with van der Waals surface area (Å²) < 4.78 is 12.9. The molecule has 2 N–H and O–H groups in total. The zero-order valence-corrected chi connectivity index (χ0v) is 20.1. The van der Waals surface area contributed by atoms with Crippen molar-refractivity contribution in [3.05, 3.63) is 81.8 Å². The first-order chi connectivity index (χ1) is 17.3. The van der Waals surface area contributed by atoms with Crippen LogP contribution in [0.4, 0.5) is 0 Å². The molecule has 0 unspecified atom stereocenters. The van der Waals surface area contributed by atoms with E-state index in [1.54, 1.807) is 43.3 Å². The molecular formula is C27H27N3O6. The lowest BCUT2D eigenvalue weighted by Crippen LogP contribution is -2.40. The molecule has 0 saturated carbocycles. The molecule has 0 aliphatic carbocycles. The number of ether oxygens (including phenoxy) is 2. The maximum atomic E-state index is 13.3. The van der Waals surface area contributed by atoms with E-state index >= 15 is 0 Å². The Morgan fingerprint density at radius 3 is 2.67 bits per heavy atom. The number of benzene rings is 2. The zero-order chi connectivity index (χ0) is 25.4. The van der Waals surface area contributed by atoms with Gasteiger partial charge in [-0.2, -0.15) is 0 Å². The van der Waals surface area contributed by atoms with E-state index in [1.165, 1.54) is 22.9 Å². The van der Waals surface area contributed by atoms with Crippen LogP contribution >= 0.6 is 0 Å². The van der Waals surface area contributed by atoms with Crippen molar-refractivity contribution in [2.75, 3.05) is 20.2 Å². The average Bonchev–Trinajstić information content (AvgIpc) is 3.28. The topological polar surface area (TPSA) is 110 Å². The van der Waals surface area contributed by atoms with Gasteiger partial charge >= 0.3 is 0 Å². The predicted octanol–water partition coefficient (Wildman–Crippen LogP) is 2.56. The number of nitrogens with zero attached hydrogens (tertiary/aromatic N) is 2. The predicted molar refractivity (Wildman–Crippen MR) is 132 cm³/mol. The van der Waals surface area contributed by atoms with Gasteiger partial charge in [0.05, 0.1) is 18.7 Å². The van der Waals surface area contributed by atoms with E-state index in [0.717, 1.165) is 11.1 Å². The Balaban J connectivity index is 1.52. The third kappa shape index (κ3) is 4.51. The van der Waals surface area contributed by atoms with Gasteiger partial charge in [-0.3, -0.25) is 14.4 Å². The summed E-state index contributed by atoms with van der Waals surface area (Å²) in [6.07, 6.45) is 2.25. The number of aromatic nitrogens is 1. The maximum absolute atomic E-state index is 13.3. The molecule has 3 heterocycles. The molecule has 1 aromatic heterocycles. The normalized spacial score (nSPS) is 19.2. The van der Waals surface area contributed by atoms with Crippen molar-refractivity contribution in [3.8, 4) is 23.0 Å². The monoisotopic (exact) mass is 489 g/mol. The van der Waals surface area contributed by atoms with Crippen molar-refractivity contribution in [3.63, 3.8) is 0 Å². The van der Waals surface area contributed by atoms with Crippen molar-refractivity contribution >= 4 is 11.8 Å². The van der Waals surface area contributed by atoms with E-state index in [-0.39, 0.29) is 47.3 Å². The molecule has 36 heavy (non-hydrogen) atoms. The van der Waals surface area contributed by atoms with E-state index in [0.29, 0.717) is 36.6 Å². The number of rotatable bonds is 2. The van der Waals surface area contributed by atoms with Crippen molar-refractivity contribution in [1.29, 1.82) is 0 Å². The van der Waals surface area contributed by atoms with Crippen LogP contribution in [0.5, 0.6) is 23.0 Å². The van der Waals surface area contributed by atoms with E-state index < -0.39 is 0 Å². The van der Waals surface area contributed by atoms with Crippen molar-refractivity contribution in [2.45, 2.75) is 24.8 Å². The first kappa shape index (κ1) is 23.5. The number of carbonyl (C=O) groups is 2. The summed E-state index contributed by atoms with van der Waals surface area (Å²) in [5.74, 6) is 0.652. The number of fused-ring (bicyclic) bond motifs is 6. The average molecular weight is 490 g/mol. The van der Waals surface area contributed by atoms with Crippen LogP contribution < -0.4 is 20.3 Å². The number of phenols is 1. The van der Waals surface area contributed by atoms with Crippen molar-refractivity contribution in [2.24, 2.45) is 7.05 Å². The van der Waals surface area contributed by atoms with Gasteiger partial charge in [0.15, 0.2) is 23.0 Å². The van der Waals surface area contributed by atoms with Crippen molar-refractivity contribution in [1.82, 2.24) is 14.8 Å². The maximum Gasteiger partial charge on any atom is 0.255 e. The van der Waals surface area contributed by atoms with Gasteiger partial charge in [0.1, 0.15) is 0 Å². The molecule has 5 rings (SSSR count). The minimum absolute atomic E-state index is 0.0155. The molecule has 2 aliphatic heterocycles. The minimum atomic E-state index is -0.313. The molecule has 2 amide bonds.